The fraction of sp³-hybridized carbons (Fsp3) is 0.0952. The third-order valence-electron chi connectivity index (χ3n) is 4.72. The van der Waals surface area contributed by atoms with Crippen LogP contribution in [0.25, 0.3) is 16.9 Å². The number of anilines is 1. The molecule has 0 aliphatic heterocycles. The van der Waals surface area contributed by atoms with E-state index in [4.69, 9.17) is 11.6 Å². The first kappa shape index (κ1) is 20.8. The average molecular weight is 449 g/mol. The molecule has 2 aromatic carbocycles. The highest BCUT2D eigenvalue weighted by Gasteiger charge is 2.30. The van der Waals surface area contributed by atoms with Gasteiger partial charge in [-0.05, 0) is 30.3 Å². The normalized spacial score (nSPS) is 11.7. The molecule has 2 aromatic heterocycles. The van der Waals surface area contributed by atoms with E-state index in [2.05, 4.69) is 9.97 Å². The number of hydrogen-bond acceptors (Lipinski definition) is 3. The van der Waals surface area contributed by atoms with Gasteiger partial charge in [0.25, 0.3) is 5.91 Å². The lowest BCUT2D eigenvalue weighted by Gasteiger charge is -2.17. The summed E-state index contributed by atoms with van der Waals surface area (Å²) in [7, 11) is 1.49. The summed E-state index contributed by atoms with van der Waals surface area (Å²) in [6.07, 6.45) is -0.127. The minimum Gasteiger partial charge on any atom is -0.310 e. The molecule has 0 saturated carbocycles. The zero-order valence-corrected chi connectivity index (χ0v) is 16.6. The van der Waals surface area contributed by atoms with Crippen molar-refractivity contribution in [2.24, 2.45) is 0 Å². The van der Waals surface area contributed by atoms with Crippen LogP contribution in [0.15, 0.2) is 61.1 Å². The minimum atomic E-state index is -4.44. The first-order valence-corrected chi connectivity index (χ1v) is 9.27. The van der Waals surface area contributed by atoms with Gasteiger partial charge in [-0.25, -0.2) is 14.4 Å². The van der Waals surface area contributed by atoms with Crippen molar-refractivity contribution < 1.29 is 22.4 Å². The van der Waals surface area contributed by atoms with Crippen molar-refractivity contribution in [2.45, 2.75) is 6.18 Å². The molecule has 0 bridgehead atoms. The highest BCUT2D eigenvalue weighted by molar-refractivity contribution is 6.31. The summed E-state index contributed by atoms with van der Waals surface area (Å²) in [5, 5.41) is -0.125. The van der Waals surface area contributed by atoms with Crippen molar-refractivity contribution >= 4 is 28.8 Å². The first-order valence-electron chi connectivity index (χ1n) is 8.89. The van der Waals surface area contributed by atoms with Crippen LogP contribution >= 0.6 is 11.6 Å². The zero-order chi connectivity index (χ0) is 22.3. The Labute approximate surface area is 178 Å². The van der Waals surface area contributed by atoms with Gasteiger partial charge in [-0.1, -0.05) is 23.7 Å². The van der Waals surface area contributed by atoms with Gasteiger partial charge in [-0.3, -0.25) is 9.20 Å². The molecular formula is C21H13ClF4N4O. The molecule has 1 amide bonds. The molecule has 31 heavy (non-hydrogen) atoms. The highest BCUT2D eigenvalue weighted by atomic mass is 35.5. The van der Waals surface area contributed by atoms with Gasteiger partial charge in [-0.2, -0.15) is 13.2 Å². The van der Waals surface area contributed by atoms with Crippen LogP contribution < -0.4 is 4.90 Å². The number of fused-ring (bicyclic) bond motifs is 1. The number of carbonyl (C=O) groups is 1. The smallest absolute Gasteiger partial charge is 0.310 e. The molecule has 0 aliphatic carbocycles. The number of imidazole rings is 1. The zero-order valence-electron chi connectivity index (χ0n) is 15.9. The van der Waals surface area contributed by atoms with Gasteiger partial charge in [0.15, 0.2) is 5.65 Å². The summed E-state index contributed by atoms with van der Waals surface area (Å²) in [6, 6.07) is 8.50. The molecular weight excluding hydrogens is 436 g/mol. The lowest BCUT2D eigenvalue weighted by atomic mass is 10.1. The minimum absolute atomic E-state index is 0.0570. The van der Waals surface area contributed by atoms with Crippen molar-refractivity contribution in [2.75, 3.05) is 11.9 Å². The van der Waals surface area contributed by atoms with Gasteiger partial charge in [0, 0.05) is 24.5 Å². The molecule has 4 aromatic rings. The van der Waals surface area contributed by atoms with Gasteiger partial charge in [-0.15, -0.1) is 0 Å². The van der Waals surface area contributed by atoms with Crippen LogP contribution in [0.2, 0.25) is 5.02 Å². The Morgan fingerprint density at radius 3 is 2.42 bits per heavy atom. The monoisotopic (exact) mass is 448 g/mol. The molecule has 4 rings (SSSR count). The molecule has 0 unspecified atom stereocenters. The highest BCUT2D eigenvalue weighted by Crippen LogP contribution is 2.31. The second kappa shape index (κ2) is 7.66. The van der Waals surface area contributed by atoms with E-state index in [0.717, 1.165) is 18.2 Å². The Bertz CT molecular complexity index is 1290. The van der Waals surface area contributed by atoms with Crippen LogP contribution in [-0.4, -0.2) is 27.3 Å². The van der Waals surface area contributed by atoms with Crippen LogP contribution in [0, 0.1) is 5.82 Å². The Hall–Kier alpha value is -3.46. The molecule has 0 fully saturated rings. The lowest BCUT2D eigenvalue weighted by Crippen LogP contribution is -2.27. The standard InChI is InChI=1S/C21H13ClF4N4O/c1-29(14-6-7-16(23)15(22)8-14)20(31)17-11-30-18(9-28-19(30)10-27-17)12-2-4-13(5-3-12)21(24,25)26/h2-11H,1H3. The number of nitrogens with zero attached hydrogens (tertiary/aromatic N) is 4. The van der Waals surface area contributed by atoms with Crippen molar-refractivity contribution in [3.05, 3.63) is 83.2 Å². The molecule has 10 heteroatoms. The summed E-state index contributed by atoms with van der Waals surface area (Å²) in [5.41, 5.74) is 1.06. The van der Waals surface area contributed by atoms with E-state index in [-0.39, 0.29) is 10.7 Å². The van der Waals surface area contributed by atoms with Crippen LogP contribution in [0.3, 0.4) is 0 Å². The maximum absolute atomic E-state index is 13.4. The fourth-order valence-corrected chi connectivity index (χ4v) is 3.20. The topological polar surface area (TPSA) is 50.5 Å². The van der Waals surface area contributed by atoms with E-state index >= 15 is 0 Å². The summed E-state index contributed by atoms with van der Waals surface area (Å²) in [6.45, 7) is 0. The maximum atomic E-state index is 13.4. The van der Waals surface area contributed by atoms with Gasteiger partial charge in [0.1, 0.15) is 11.5 Å². The van der Waals surface area contributed by atoms with E-state index in [1.54, 1.807) is 4.40 Å². The van der Waals surface area contributed by atoms with Crippen molar-refractivity contribution in [3.63, 3.8) is 0 Å². The quantitative estimate of drug-likeness (QED) is 0.390. The summed E-state index contributed by atoms with van der Waals surface area (Å²) in [4.78, 5) is 22.4. The third-order valence-corrected chi connectivity index (χ3v) is 5.01. The predicted molar refractivity (Wildman–Crippen MR) is 108 cm³/mol. The largest absolute Gasteiger partial charge is 0.416 e. The number of rotatable bonds is 3. The third kappa shape index (κ3) is 3.96. The summed E-state index contributed by atoms with van der Waals surface area (Å²) < 4.78 is 53.4. The molecule has 0 N–H and O–H groups in total. The van der Waals surface area contributed by atoms with E-state index in [0.29, 0.717) is 22.6 Å². The molecule has 2 heterocycles. The van der Waals surface area contributed by atoms with E-state index in [9.17, 15) is 22.4 Å². The van der Waals surface area contributed by atoms with E-state index in [1.807, 2.05) is 0 Å². The number of alkyl halides is 3. The van der Waals surface area contributed by atoms with Crippen LogP contribution in [-0.2, 0) is 6.18 Å². The van der Waals surface area contributed by atoms with Gasteiger partial charge >= 0.3 is 6.18 Å². The molecule has 0 radical (unpaired) electrons. The van der Waals surface area contributed by atoms with Gasteiger partial charge in [0.05, 0.1) is 28.7 Å². The van der Waals surface area contributed by atoms with Crippen LogP contribution in [0.1, 0.15) is 16.1 Å². The van der Waals surface area contributed by atoms with Crippen molar-refractivity contribution in [3.8, 4) is 11.3 Å². The molecule has 0 saturated heterocycles. The Morgan fingerprint density at radius 1 is 1.06 bits per heavy atom. The van der Waals surface area contributed by atoms with E-state index in [1.165, 1.54) is 54.8 Å². The lowest BCUT2D eigenvalue weighted by molar-refractivity contribution is -0.137. The second-order valence-electron chi connectivity index (χ2n) is 6.68. The molecule has 0 atom stereocenters. The van der Waals surface area contributed by atoms with Crippen molar-refractivity contribution in [1.82, 2.24) is 14.4 Å². The summed E-state index contributed by atoms with van der Waals surface area (Å²) >= 11 is 5.79. The average Bonchev–Trinajstić information content (AvgIpc) is 3.17. The fourth-order valence-electron chi connectivity index (χ4n) is 3.03. The van der Waals surface area contributed by atoms with Crippen LogP contribution in [0.5, 0.6) is 0 Å². The number of benzene rings is 2. The second-order valence-corrected chi connectivity index (χ2v) is 7.09. The maximum Gasteiger partial charge on any atom is 0.416 e. The molecule has 5 nitrogen and oxygen atoms in total. The van der Waals surface area contributed by atoms with Gasteiger partial charge in [0.2, 0.25) is 0 Å². The Kier molecular flexibility index (Phi) is 5.14. The van der Waals surface area contributed by atoms with E-state index < -0.39 is 23.5 Å². The molecule has 0 spiro atoms. The van der Waals surface area contributed by atoms with Gasteiger partial charge < -0.3 is 4.90 Å². The van der Waals surface area contributed by atoms with Crippen molar-refractivity contribution in [1.29, 1.82) is 0 Å². The predicted octanol–water partition coefficient (Wildman–Crippen LogP) is 5.48. The Morgan fingerprint density at radius 2 is 1.77 bits per heavy atom. The molecule has 158 valence electrons. The number of halogens is 5. The summed E-state index contributed by atoms with van der Waals surface area (Å²) in [5.74, 6) is -1.10. The number of amides is 1. The molecule has 0 aliphatic rings. The number of carbonyl (C=O) groups excluding carboxylic acids is 1. The Balaban J connectivity index is 1.69. The number of aromatic nitrogens is 3. The number of hydrogen-bond donors (Lipinski definition) is 0. The first-order chi connectivity index (χ1) is 14.6. The SMILES string of the molecule is CN(C(=O)c1cn2c(-c3ccc(C(F)(F)F)cc3)cnc2cn1)c1ccc(F)c(Cl)c1. The van der Waals surface area contributed by atoms with Crippen LogP contribution in [0.4, 0.5) is 23.2 Å².